The van der Waals surface area contributed by atoms with E-state index in [0.717, 1.165) is 30.9 Å². The molecular formula is C15H21N3O2. The molecule has 0 radical (unpaired) electrons. The van der Waals surface area contributed by atoms with E-state index < -0.39 is 0 Å². The Bertz CT molecular complexity index is 547. The van der Waals surface area contributed by atoms with E-state index in [2.05, 4.69) is 16.8 Å². The van der Waals surface area contributed by atoms with Crippen molar-refractivity contribution in [3.63, 3.8) is 0 Å². The van der Waals surface area contributed by atoms with Crippen LogP contribution in [0.3, 0.4) is 0 Å². The first-order valence-electron chi connectivity index (χ1n) is 7.41. The van der Waals surface area contributed by atoms with Crippen molar-refractivity contribution in [2.45, 2.75) is 39.7 Å². The molecule has 3 heterocycles. The van der Waals surface area contributed by atoms with Gasteiger partial charge in [0.05, 0.1) is 31.4 Å². The van der Waals surface area contributed by atoms with Crippen LogP contribution in [-0.2, 0) is 16.1 Å². The van der Waals surface area contributed by atoms with Gasteiger partial charge in [0.1, 0.15) is 0 Å². The van der Waals surface area contributed by atoms with Crippen LogP contribution in [0.4, 0.5) is 0 Å². The van der Waals surface area contributed by atoms with Gasteiger partial charge in [-0.25, -0.2) is 9.78 Å². The highest BCUT2D eigenvalue weighted by Crippen LogP contribution is 2.38. The van der Waals surface area contributed by atoms with Gasteiger partial charge in [-0.05, 0) is 25.7 Å². The lowest BCUT2D eigenvalue weighted by Crippen LogP contribution is -2.29. The van der Waals surface area contributed by atoms with Crippen LogP contribution in [-0.4, -0.2) is 33.6 Å². The van der Waals surface area contributed by atoms with Crippen LogP contribution in [0.15, 0.2) is 18.2 Å². The number of fused-ring (bicyclic) bond motifs is 2. The molecular weight excluding hydrogens is 254 g/mol. The standard InChI is InChI=1S/C15H21N3O2/c1-3-5-11-6-13-14(15(19)20-4-2)18-10-16-7-12(18)9-17(13)8-11/h7,10-11H,3-6,8-9H2,1-2H3. The van der Waals surface area contributed by atoms with Gasteiger partial charge in [0, 0.05) is 12.2 Å². The zero-order chi connectivity index (χ0) is 14.1. The Morgan fingerprint density at radius 1 is 1.50 bits per heavy atom. The second-order valence-electron chi connectivity index (χ2n) is 5.51. The van der Waals surface area contributed by atoms with Crippen LogP contribution in [0.5, 0.6) is 0 Å². The van der Waals surface area contributed by atoms with Gasteiger partial charge in [-0.2, -0.15) is 0 Å². The third-order valence-electron chi connectivity index (χ3n) is 4.09. The van der Waals surface area contributed by atoms with Crippen LogP contribution in [0.2, 0.25) is 0 Å². The van der Waals surface area contributed by atoms with Gasteiger partial charge in [-0.1, -0.05) is 13.3 Å². The van der Waals surface area contributed by atoms with Gasteiger partial charge in [-0.3, -0.25) is 4.57 Å². The van der Waals surface area contributed by atoms with Crippen molar-refractivity contribution in [2.75, 3.05) is 13.2 Å². The molecule has 1 aromatic heterocycles. The van der Waals surface area contributed by atoms with E-state index in [1.165, 1.54) is 12.8 Å². The zero-order valence-corrected chi connectivity index (χ0v) is 12.1. The smallest absolute Gasteiger partial charge is 0.357 e. The van der Waals surface area contributed by atoms with Gasteiger partial charge >= 0.3 is 5.97 Å². The van der Waals surface area contributed by atoms with Crippen molar-refractivity contribution in [1.29, 1.82) is 0 Å². The Hall–Kier alpha value is -1.78. The van der Waals surface area contributed by atoms with Gasteiger partial charge in [0.25, 0.3) is 0 Å². The van der Waals surface area contributed by atoms with E-state index in [4.69, 9.17) is 4.74 Å². The van der Waals surface area contributed by atoms with Crippen molar-refractivity contribution in [2.24, 2.45) is 5.92 Å². The van der Waals surface area contributed by atoms with E-state index in [1.807, 2.05) is 17.7 Å². The minimum atomic E-state index is -0.233. The molecule has 20 heavy (non-hydrogen) atoms. The molecule has 1 aromatic rings. The van der Waals surface area contributed by atoms with Crippen molar-refractivity contribution in [1.82, 2.24) is 14.5 Å². The molecule has 3 rings (SSSR count). The maximum atomic E-state index is 12.3. The largest absolute Gasteiger partial charge is 0.461 e. The zero-order valence-electron chi connectivity index (χ0n) is 12.1. The molecule has 0 spiro atoms. The lowest BCUT2D eigenvalue weighted by molar-refractivity contribution is -0.136. The fourth-order valence-electron chi connectivity index (χ4n) is 3.29. The van der Waals surface area contributed by atoms with Crippen LogP contribution in [0, 0.1) is 5.92 Å². The molecule has 2 aliphatic heterocycles. The molecule has 1 fully saturated rings. The number of carbonyl (C=O) groups is 1. The number of allylic oxidation sites excluding steroid dienone is 1. The topological polar surface area (TPSA) is 47.4 Å². The molecule has 0 aliphatic carbocycles. The molecule has 1 atom stereocenters. The first-order valence-corrected chi connectivity index (χ1v) is 7.41. The molecule has 0 amide bonds. The predicted molar refractivity (Wildman–Crippen MR) is 75.5 cm³/mol. The summed E-state index contributed by atoms with van der Waals surface area (Å²) < 4.78 is 7.14. The Labute approximate surface area is 119 Å². The molecule has 0 bridgehead atoms. The highest BCUT2D eigenvalue weighted by atomic mass is 16.5. The van der Waals surface area contributed by atoms with Gasteiger partial charge < -0.3 is 9.64 Å². The van der Waals surface area contributed by atoms with E-state index in [1.54, 1.807) is 6.33 Å². The molecule has 1 saturated heterocycles. The third-order valence-corrected chi connectivity index (χ3v) is 4.09. The lowest BCUT2D eigenvalue weighted by atomic mass is 10.0. The molecule has 108 valence electrons. The predicted octanol–water partition coefficient (Wildman–Crippen LogP) is 2.25. The summed E-state index contributed by atoms with van der Waals surface area (Å²) in [5, 5.41) is 0. The molecule has 0 saturated carbocycles. The SMILES string of the molecule is CCCC1CC2=C(C(=O)OCC)n3cncc3CN2C1. The van der Waals surface area contributed by atoms with Crippen LogP contribution in [0.1, 0.15) is 38.8 Å². The number of imidazole rings is 1. The maximum absolute atomic E-state index is 12.3. The molecule has 5 nitrogen and oxygen atoms in total. The number of rotatable bonds is 4. The van der Waals surface area contributed by atoms with Gasteiger partial charge in [0.15, 0.2) is 5.70 Å². The highest BCUT2D eigenvalue weighted by Gasteiger charge is 2.36. The number of ether oxygens (including phenoxy) is 1. The molecule has 0 aromatic carbocycles. The number of hydrogen-bond acceptors (Lipinski definition) is 4. The Balaban J connectivity index is 1.98. The second-order valence-corrected chi connectivity index (χ2v) is 5.51. The summed E-state index contributed by atoms with van der Waals surface area (Å²) in [5.74, 6) is 0.417. The Morgan fingerprint density at radius 3 is 3.10 bits per heavy atom. The van der Waals surface area contributed by atoms with Crippen molar-refractivity contribution < 1.29 is 9.53 Å². The van der Waals surface area contributed by atoms with E-state index in [-0.39, 0.29) is 5.97 Å². The summed E-state index contributed by atoms with van der Waals surface area (Å²) in [5.41, 5.74) is 2.87. The number of nitrogens with zero attached hydrogens (tertiary/aromatic N) is 3. The average molecular weight is 275 g/mol. The third kappa shape index (κ3) is 2.11. The van der Waals surface area contributed by atoms with Crippen LogP contribution in [0.25, 0.3) is 5.70 Å². The summed E-state index contributed by atoms with van der Waals surface area (Å²) in [7, 11) is 0. The molecule has 1 unspecified atom stereocenters. The quantitative estimate of drug-likeness (QED) is 0.791. The Kier molecular flexibility index (Phi) is 3.51. The minimum Gasteiger partial charge on any atom is -0.461 e. The van der Waals surface area contributed by atoms with Crippen molar-refractivity contribution in [3.05, 3.63) is 23.9 Å². The summed E-state index contributed by atoms with van der Waals surface area (Å²) in [6, 6.07) is 0. The van der Waals surface area contributed by atoms with E-state index >= 15 is 0 Å². The number of esters is 1. The highest BCUT2D eigenvalue weighted by molar-refractivity contribution is 6.11. The van der Waals surface area contributed by atoms with Gasteiger partial charge in [-0.15, -0.1) is 0 Å². The van der Waals surface area contributed by atoms with E-state index in [9.17, 15) is 4.79 Å². The minimum absolute atomic E-state index is 0.233. The summed E-state index contributed by atoms with van der Waals surface area (Å²) in [6.07, 6.45) is 6.93. The maximum Gasteiger partial charge on any atom is 0.357 e. The fourth-order valence-corrected chi connectivity index (χ4v) is 3.29. The normalized spacial score (nSPS) is 20.9. The summed E-state index contributed by atoms with van der Waals surface area (Å²) in [4.78, 5) is 18.8. The molecule has 5 heteroatoms. The number of carbonyl (C=O) groups excluding carboxylic acids is 1. The second kappa shape index (κ2) is 5.31. The number of hydrogen-bond donors (Lipinski definition) is 0. The van der Waals surface area contributed by atoms with Crippen molar-refractivity contribution >= 4 is 11.7 Å². The average Bonchev–Trinajstić information content (AvgIpc) is 3.01. The summed E-state index contributed by atoms with van der Waals surface area (Å²) in [6.45, 7) is 6.34. The first kappa shape index (κ1) is 13.2. The van der Waals surface area contributed by atoms with Crippen LogP contribution < -0.4 is 0 Å². The fraction of sp³-hybridized carbons (Fsp3) is 0.600. The lowest BCUT2D eigenvalue weighted by Gasteiger charge is -2.28. The van der Waals surface area contributed by atoms with Gasteiger partial charge in [0.2, 0.25) is 0 Å². The molecule has 2 aliphatic rings. The Morgan fingerprint density at radius 2 is 2.35 bits per heavy atom. The summed E-state index contributed by atoms with van der Waals surface area (Å²) >= 11 is 0. The molecule has 0 N–H and O–H groups in total. The van der Waals surface area contributed by atoms with Crippen molar-refractivity contribution in [3.8, 4) is 0 Å². The number of aromatic nitrogens is 2. The van der Waals surface area contributed by atoms with E-state index in [0.29, 0.717) is 18.2 Å². The monoisotopic (exact) mass is 275 g/mol. The first-order chi connectivity index (χ1) is 9.74. The van der Waals surface area contributed by atoms with Crippen LogP contribution >= 0.6 is 0 Å².